The molecule has 6 nitrogen and oxygen atoms in total. The van der Waals surface area contributed by atoms with Gasteiger partial charge in [-0.05, 0) is 34.6 Å². The smallest absolute Gasteiger partial charge is 0.341 e. The number of halogens is 1. The van der Waals surface area contributed by atoms with Crippen molar-refractivity contribution in [3.8, 4) is 0 Å². The van der Waals surface area contributed by atoms with Gasteiger partial charge in [0.15, 0.2) is 0 Å². The Morgan fingerprint density at radius 1 is 1.27 bits per heavy atom. The third-order valence-electron chi connectivity index (χ3n) is 3.17. The minimum Gasteiger partial charge on any atom is -0.477 e. The van der Waals surface area contributed by atoms with Gasteiger partial charge in [-0.3, -0.25) is 5.32 Å². The van der Waals surface area contributed by atoms with Gasteiger partial charge in [0.05, 0.1) is 0 Å². The van der Waals surface area contributed by atoms with E-state index in [1.807, 2.05) is 32.9 Å². The summed E-state index contributed by atoms with van der Waals surface area (Å²) < 4.78 is 4.19. The van der Waals surface area contributed by atoms with Gasteiger partial charge in [-0.2, -0.15) is 4.37 Å². The van der Waals surface area contributed by atoms with E-state index in [0.29, 0.717) is 22.3 Å². The first kappa shape index (κ1) is 20.5. The Balaban J connectivity index is 2.06. The van der Waals surface area contributed by atoms with Gasteiger partial charge in [-0.15, -0.1) is 0 Å². The maximum atomic E-state index is 12.0. The molecule has 2 aromatic rings. The highest BCUT2D eigenvalue weighted by Gasteiger charge is 2.22. The Kier molecular flexibility index (Phi) is 6.91. The highest BCUT2D eigenvalue weighted by atomic mass is 35.5. The molecule has 0 atom stereocenters. The van der Waals surface area contributed by atoms with E-state index in [4.69, 9.17) is 11.6 Å². The van der Waals surface area contributed by atoms with E-state index in [1.54, 1.807) is 12.1 Å². The molecule has 2 amide bonds. The zero-order chi connectivity index (χ0) is 19.3. The maximum Gasteiger partial charge on any atom is 0.341 e. The maximum absolute atomic E-state index is 12.0. The summed E-state index contributed by atoms with van der Waals surface area (Å²) in [6.45, 7) is 6.45. The van der Waals surface area contributed by atoms with Crippen LogP contribution in [-0.4, -0.2) is 28.0 Å². The number of amides is 2. The molecule has 3 N–H and O–H groups in total. The molecule has 1 aromatic carbocycles. The van der Waals surface area contributed by atoms with E-state index >= 15 is 0 Å². The fraction of sp³-hybridized carbons (Fsp3) is 0.353. The molecule has 0 aliphatic rings. The van der Waals surface area contributed by atoms with E-state index in [9.17, 15) is 14.7 Å². The molecule has 0 aliphatic carbocycles. The fourth-order valence-electron chi connectivity index (χ4n) is 1.87. The largest absolute Gasteiger partial charge is 0.477 e. The number of urea groups is 1. The van der Waals surface area contributed by atoms with Crippen molar-refractivity contribution in [3.63, 3.8) is 0 Å². The molecule has 0 aliphatic heterocycles. The minimum atomic E-state index is -1.12. The number of hydrogen-bond acceptors (Lipinski definition) is 5. The zero-order valence-electron chi connectivity index (χ0n) is 14.6. The first-order valence-electron chi connectivity index (χ1n) is 7.81. The lowest BCUT2D eigenvalue weighted by Crippen LogP contribution is -2.35. The van der Waals surface area contributed by atoms with Crippen molar-refractivity contribution in [1.82, 2.24) is 9.69 Å². The molecule has 0 unspecified atom stereocenters. The van der Waals surface area contributed by atoms with Crippen molar-refractivity contribution in [2.24, 2.45) is 5.41 Å². The number of anilines is 1. The topological polar surface area (TPSA) is 91.3 Å². The van der Waals surface area contributed by atoms with Crippen LogP contribution in [0.5, 0.6) is 0 Å². The van der Waals surface area contributed by atoms with Gasteiger partial charge < -0.3 is 10.4 Å². The number of carboxylic acids is 1. The summed E-state index contributed by atoms with van der Waals surface area (Å²) in [6.07, 6.45) is 0. The van der Waals surface area contributed by atoms with Crippen LogP contribution in [0, 0.1) is 5.41 Å². The molecule has 0 bridgehead atoms. The summed E-state index contributed by atoms with van der Waals surface area (Å²) in [6, 6.07) is 6.87. The number of nitrogens with one attached hydrogen (secondary N) is 2. The summed E-state index contributed by atoms with van der Waals surface area (Å²) in [5, 5.41) is 16.1. The monoisotopic (exact) mass is 413 g/mol. The Bertz CT molecular complexity index is 786. The Labute approximate surface area is 165 Å². The zero-order valence-corrected chi connectivity index (χ0v) is 17.0. The molecule has 0 fully saturated rings. The van der Waals surface area contributed by atoms with Crippen LogP contribution in [0.15, 0.2) is 29.3 Å². The van der Waals surface area contributed by atoms with Crippen molar-refractivity contribution in [1.29, 1.82) is 0 Å². The molecule has 140 valence electrons. The Hall–Kier alpha value is -1.77. The summed E-state index contributed by atoms with van der Waals surface area (Å²) in [5.41, 5.74) is 0.946. The molecule has 0 saturated heterocycles. The summed E-state index contributed by atoms with van der Waals surface area (Å²) in [5.74, 6) is -0.569. The highest BCUT2D eigenvalue weighted by Crippen LogP contribution is 2.33. The van der Waals surface area contributed by atoms with Gasteiger partial charge in [0.1, 0.15) is 15.6 Å². The van der Waals surface area contributed by atoms with E-state index in [0.717, 1.165) is 17.1 Å². The molecule has 2 rings (SSSR count). The third kappa shape index (κ3) is 6.19. The van der Waals surface area contributed by atoms with E-state index in [-0.39, 0.29) is 16.0 Å². The van der Waals surface area contributed by atoms with E-state index in [2.05, 4.69) is 15.0 Å². The SMILES string of the molecule is CC(C)(C)CNC(=O)Nc1snc(SCc2ccc(Cl)cc2)c1C(=O)O. The van der Waals surface area contributed by atoms with Gasteiger partial charge in [-0.25, -0.2) is 9.59 Å². The fourth-order valence-corrected chi connectivity index (χ4v) is 3.89. The van der Waals surface area contributed by atoms with Crippen molar-refractivity contribution in [2.45, 2.75) is 31.6 Å². The number of nitrogens with zero attached hydrogens (tertiary/aromatic N) is 1. The molecular formula is C17H20ClN3O3S2. The van der Waals surface area contributed by atoms with Crippen LogP contribution in [0.2, 0.25) is 5.02 Å². The predicted octanol–water partition coefficient (Wildman–Crippen LogP) is 4.95. The number of carbonyl (C=O) groups is 2. The number of aromatic carboxylic acids is 1. The quantitative estimate of drug-likeness (QED) is 0.582. The van der Waals surface area contributed by atoms with Crippen molar-refractivity contribution in [2.75, 3.05) is 11.9 Å². The highest BCUT2D eigenvalue weighted by molar-refractivity contribution is 7.98. The first-order chi connectivity index (χ1) is 12.2. The van der Waals surface area contributed by atoms with Crippen LogP contribution in [0.3, 0.4) is 0 Å². The van der Waals surface area contributed by atoms with Crippen LogP contribution in [0.25, 0.3) is 0 Å². The van der Waals surface area contributed by atoms with Crippen molar-refractivity contribution < 1.29 is 14.7 Å². The number of carboxylic acid groups (broad SMARTS) is 1. The van der Waals surface area contributed by atoms with Crippen LogP contribution in [-0.2, 0) is 5.75 Å². The predicted molar refractivity (Wildman–Crippen MR) is 107 cm³/mol. The van der Waals surface area contributed by atoms with Crippen LogP contribution >= 0.6 is 34.9 Å². The molecule has 1 heterocycles. The molecule has 26 heavy (non-hydrogen) atoms. The van der Waals surface area contributed by atoms with Crippen LogP contribution < -0.4 is 10.6 Å². The normalized spacial score (nSPS) is 11.2. The second-order valence-electron chi connectivity index (χ2n) is 6.78. The second-order valence-corrected chi connectivity index (χ2v) is 8.95. The summed E-state index contributed by atoms with van der Waals surface area (Å²) >= 11 is 8.12. The molecule has 0 radical (unpaired) electrons. The molecular weight excluding hydrogens is 394 g/mol. The van der Waals surface area contributed by atoms with Crippen molar-refractivity contribution >= 4 is 51.9 Å². The number of benzene rings is 1. The van der Waals surface area contributed by atoms with Crippen LogP contribution in [0.4, 0.5) is 9.80 Å². The lowest BCUT2D eigenvalue weighted by Gasteiger charge is -2.18. The van der Waals surface area contributed by atoms with Gasteiger partial charge in [-0.1, -0.05) is 56.3 Å². The Morgan fingerprint density at radius 3 is 2.50 bits per heavy atom. The lowest BCUT2D eigenvalue weighted by atomic mass is 9.97. The molecule has 0 saturated carbocycles. The van der Waals surface area contributed by atoms with Crippen LogP contribution in [0.1, 0.15) is 36.7 Å². The molecule has 0 spiro atoms. The number of carbonyl (C=O) groups excluding carboxylic acids is 1. The first-order valence-corrected chi connectivity index (χ1v) is 9.94. The van der Waals surface area contributed by atoms with Gasteiger partial charge in [0.2, 0.25) is 0 Å². The second kappa shape index (κ2) is 8.75. The third-order valence-corrected chi connectivity index (χ3v) is 5.35. The number of hydrogen-bond donors (Lipinski definition) is 3. The van der Waals surface area contributed by atoms with Gasteiger partial charge in [0, 0.05) is 17.3 Å². The van der Waals surface area contributed by atoms with Gasteiger partial charge in [0.25, 0.3) is 0 Å². The molecule has 9 heteroatoms. The summed E-state index contributed by atoms with van der Waals surface area (Å²) in [4.78, 5) is 23.6. The van der Waals surface area contributed by atoms with Crippen molar-refractivity contribution in [3.05, 3.63) is 40.4 Å². The van der Waals surface area contributed by atoms with E-state index < -0.39 is 12.0 Å². The number of thioether (sulfide) groups is 1. The summed E-state index contributed by atoms with van der Waals surface area (Å²) in [7, 11) is 0. The number of rotatable bonds is 6. The number of aromatic nitrogens is 1. The lowest BCUT2D eigenvalue weighted by molar-refractivity contribution is 0.0694. The van der Waals surface area contributed by atoms with Gasteiger partial charge >= 0.3 is 12.0 Å². The van der Waals surface area contributed by atoms with E-state index in [1.165, 1.54) is 11.8 Å². The standard InChI is InChI=1S/C17H20ClN3O3S2/c1-17(2,3)9-19-16(24)20-13-12(15(22)23)14(21-26-13)25-8-10-4-6-11(18)7-5-10/h4-7H,8-9H2,1-3H3,(H,22,23)(H2,19,20,24). The molecule has 1 aromatic heterocycles. The Morgan fingerprint density at radius 2 is 1.92 bits per heavy atom. The average molecular weight is 414 g/mol. The minimum absolute atomic E-state index is 0.0138. The average Bonchev–Trinajstić information content (AvgIpc) is 2.94.